The lowest BCUT2D eigenvalue weighted by Gasteiger charge is -2.30. The van der Waals surface area contributed by atoms with Crippen molar-refractivity contribution in [2.24, 2.45) is 11.1 Å². The molecule has 10 heteroatoms. The maximum absolute atomic E-state index is 12.4. The maximum atomic E-state index is 12.4. The summed E-state index contributed by atoms with van der Waals surface area (Å²) in [4.78, 5) is 29.8. The number of nitrogens with zero attached hydrogens (tertiary/aromatic N) is 2. The molecule has 0 spiro atoms. The van der Waals surface area contributed by atoms with Crippen LogP contribution < -0.4 is 11.1 Å². The Hall–Kier alpha value is -3.08. The van der Waals surface area contributed by atoms with E-state index in [9.17, 15) is 9.59 Å². The molecule has 206 valence electrons. The van der Waals surface area contributed by atoms with Crippen LogP contribution >= 0.6 is 11.9 Å². The molecule has 9 nitrogen and oxygen atoms in total. The number of anilines is 1. The third-order valence-electron chi connectivity index (χ3n) is 6.19. The summed E-state index contributed by atoms with van der Waals surface area (Å²) in [6.07, 6.45) is 5.27. The highest BCUT2D eigenvalue weighted by molar-refractivity contribution is 7.97. The smallest absolute Gasteiger partial charge is 0.314 e. The molecule has 0 radical (unpaired) electrons. The van der Waals surface area contributed by atoms with E-state index in [0.717, 1.165) is 47.6 Å². The summed E-state index contributed by atoms with van der Waals surface area (Å²) in [5.74, 6) is -1.01. The Morgan fingerprint density at radius 3 is 2.55 bits per heavy atom. The molecule has 0 saturated carbocycles. The molecule has 1 aromatic heterocycles. The van der Waals surface area contributed by atoms with Crippen LogP contribution in [0, 0.1) is 5.41 Å². The van der Waals surface area contributed by atoms with Crippen molar-refractivity contribution in [3.05, 3.63) is 48.4 Å². The van der Waals surface area contributed by atoms with Gasteiger partial charge in [-0.05, 0) is 87.2 Å². The summed E-state index contributed by atoms with van der Waals surface area (Å²) in [6, 6.07) is 10.1. The summed E-state index contributed by atoms with van der Waals surface area (Å²) < 4.78 is 18.0. The second-order valence-electron chi connectivity index (χ2n) is 10.0. The number of benzene rings is 1. The Morgan fingerprint density at radius 2 is 1.92 bits per heavy atom. The molecular weight excluding hydrogens is 504 g/mol. The Morgan fingerprint density at radius 1 is 1.18 bits per heavy atom. The molecule has 0 atom stereocenters. The minimum absolute atomic E-state index is 0.102. The highest BCUT2D eigenvalue weighted by atomic mass is 32.2. The molecule has 2 heterocycles. The van der Waals surface area contributed by atoms with E-state index in [2.05, 4.69) is 26.7 Å². The second-order valence-corrected chi connectivity index (χ2v) is 11.2. The molecule has 38 heavy (non-hydrogen) atoms. The first-order chi connectivity index (χ1) is 18.1. The van der Waals surface area contributed by atoms with Crippen molar-refractivity contribution in [3.8, 4) is 11.1 Å². The van der Waals surface area contributed by atoms with Crippen molar-refractivity contribution in [2.75, 3.05) is 39.4 Å². The van der Waals surface area contributed by atoms with E-state index in [-0.39, 0.29) is 6.42 Å². The molecule has 1 saturated heterocycles. The van der Waals surface area contributed by atoms with E-state index in [1.54, 1.807) is 46.0 Å². The lowest BCUT2D eigenvalue weighted by Crippen LogP contribution is -2.32. The Bertz CT molecular complexity index is 1140. The predicted molar refractivity (Wildman–Crippen MR) is 150 cm³/mol. The molecule has 0 aliphatic carbocycles. The number of hydrogen-bond acceptors (Lipinski definition) is 10. The van der Waals surface area contributed by atoms with Gasteiger partial charge < -0.3 is 25.3 Å². The Labute approximate surface area is 229 Å². The number of methoxy groups -OCH3 is 1. The van der Waals surface area contributed by atoms with Gasteiger partial charge in [-0.1, -0.05) is 6.07 Å². The molecule has 1 aliphatic rings. The van der Waals surface area contributed by atoms with Crippen LogP contribution in [0.4, 0.5) is 5.69 Å². The second kappa shape index (κ2) is 13.6. The highest BCUT2D eigenvalue weighted by Gasteiger charge is 2.24. The van der Waals surface area contributed by atoms with Crippen LogP contribution in [0.25, 0.3) is 16.7 Å². The number of ether oxygens (including phenoxy) is 3. The van der Waals surface area contributed by atoms with Gasteiger partial charge in [0.2, 0.25) is 6.79 Å². The van der Waals surface area contributed by atoms with E-state index < -0.39 is 24.1 Å². The van der Waals surface area contributed by atoms with Gasteiger partial charge in [-0.25, -0.2) is 4.31 Å². The quantitative estimate of drug-likeness (QED) is 0.249. The normalized spacial score (nSPS) is 15.2. The number of piperidine rings is 1. The maximum Gasteiger partial charge on any atom is 0.314 e. The Kier molecular flexibility index (Phi) is 10.6. The van der Waals surface area contributed by atoms with E-state index in [0.29, 0.717) is 17.4 Å². The van der Waals surface area contributed by atoms with Gasteiger partial charge in [0.15, 0.2) is 0 Å². The summed E-state index contributed by atoms with van der Waals surface area (Å²) >= 11 is 1.73. The molecule has 0 bridgehead atoms. The van der Waals surface area contributed by atoms with Crippen molar-refractivity contribution in [2.45, 2.75) is 51.0 Å². The van der Waals surface area contributed by atoms with Gasteiger partial charge in [0, 0.05) is 49.6 Å². The fourth-order valence-electron chi connectivity index (χ4n) is 3.87. The number of carbonyl (C=O) groups is 2. The average Bonchev–Trinajstić information content (AvgIpc) is 2.91. The molecule has 1 aliphatic heterocycles. The SMILES string of the molecule is CNc1ccc(-c2ccnc(/C(=C\N)CC(=O)OCOC(=O)C(C)(C)C)c2)c(SN2CCC(OC)CC2)c1. The standard InChI is InChI=1S/C28H38N4O5S/c1-28(2,3)27(34)37-18-36-26(33)15-20(17-29)24-14-19(8-11-31-24)23-7-6-21(30-4)16-25(23)38-32-12-9-22(35-5)10-13-32/h6-8,11,14,16-17,22,30H,9-10,12-13,15,18,29H2,1-5H3/b20-17-. The first kappa shape index (κ1) is 29.5. The topological polar surface area (TPSA) is 116 Å². The number of hydrogen-bond donors (Lipinski definition) is 2. The van der Waals surface area contributed by atoms with Crippen LogP contribution in [-0.4, -0.2) is 61.4 Å². The van der Waals surface area contributed by atoms with Crippen LogP contribution in [0.3, 0.4) is 0 Å². The first-order valence-corrected chi connectivity index (χ1v) is 13.4. The Balaban J connectivity index is 1.74. The van der Waals surface area contributed by atoms with Gasteiger partial charge in [0.05, 0.1) is 23.6 Å². The van der Waals surface area contributed by atoms with Crippen LogP contribution in [0.5, 0.6) is 0 Å². The largest absolute Gasteiger partial charge is 0.428 e. The van der Waals surface area contributed by atoms with Crippen LogP contribution in [-0.2, 0) is 23.8 Å². The molecular formula is C28H38N4O5S. The van der Waals surface area contributed by atoms with Crippen molar-refractivity contribution in [1.29, 1.82) is 0 Å². The van der Waals surface area contributed by atoms with E-state index in [1.807, 2.05) is 25.2 Å². The predicted octanol–water partition coefficient (Wildman–Crippen LogP) is 4.69. The van der Waals surface area contributed by atoms with Crippen molar-refractivity contribution in [3.63, 3.8) is 0 Å². The zero-order valence-electron chi connectivity index (χ0n) is 22.8. The summed E-state index contributed by atoms with van der Waals surface area (Å²) in [5.41, 5.74) is 9.31. The van der Waals surface area contributed by atoms with Crippen molar-refractivity contribution < 1.29 is 23.8 Å². The monoisotopic (exact) mass is 542 g/mol. The fraction of sp³-hybridized carbons (Fsp3) is 0.464. The number of nitrogens with one attached hydrogen (secondary N) is 1. The fourth-order valence-corrected chi connectivity index (χ4v) is 5.01. The summed E-state index contributed by atoms with van der Waals surface area (Å²) in [6.45, 7) is 6.63. The summed E-state index contributed by atoms with van der Waals surface area (Å²) in [5, 5.41) is 3.22. The minimum Gasteiger partial charge on any atom is -0.428 e. The van der Waals surface area contributed by atoms with Gasteiger partial charge in [-0.15, -0.1) is 0 Å². The van der Waals surface area contributed by atoms with Gasteiger partial charge in [0.1, 0.15) is 0 Å². The van der Waals surface area contributed by atoms with Gasteiger partial charge in [-0.2, -0.15) is 0 Å². The molecule has 1 fully saturated rings. The minimum atomic E-state index is -0.679. The number of aromatic nitrogens is 1. The van der Waals surface area contributed by atoms with E-state index >= 15 is 0 Å². The van der Waals surface area contributed by atoms with Crippen LogP contribution in [0.15, 0.2) is 47.6 Å². The van der Waals surface area contributed by atoms with Gasteiger partial charge in [-0.3, -0.25) is 14.6 Å². The summed E-state index contributed by atoms with van der Waals surface area (Å²) in [7, 11) is 3.67. The molecule has 0 unspecified atom stereocenters. The van der Waals surface area contributed by atoms with E-state index in [1.165, 1.54) is 6.20 Å². The molecule has 2 aromatic rings. The van der Waals surface area contributed by atoms with Crippen LogP contribution in [0.1, 0.15) is 45.7 Å². The lowest BCUT2D eigenvalue weighted by atomic mass is 9.98. The zero-order valence-corrected chi connectivity index (χ0v) is 23.6. The number of pyridine rings is 1. The first-order valence-electron chi connectivity index (χ1n) is 12.6. The molecule has 3 rings (SSSR count). The number of rotatable bonds is 10. The molecule has 1 aromatic carbocycles. The van der Waals surface area contributed by atoms with Crippen molar-refractivity contribution in [1.82, 2.24) is 9.29 Å². The third kappa shape index (κ3) is 8.21. The number of esters is 2. The lowest BCUT2D eigenvalue weighted by molar-refractivity contribution is -0.172. The highest BCUT2D eigenvalue weighted by Crippen LogP contribution is 2.37. The number of nitrogens with two attached hydrogens (primary N) is 1. The van der Waals surface area contributed by atoms with Crippen LogP contribution in [0.2, 0.25) is 0 Å². The van der Waals surface area contributed by atoms with E-state index in [4.69, 9.17) is 19.9 Å². The molecule has 3 N–H and O–H groups in total. The average molecular weight is 543 g/mol. The van der Waals surface area contributed by atoms with Gasteiger partial charge in [0.25, 0.3) is 0 Å². The van der Waals surface area contributed by atoms with Crippen molar-refractivity contribution >= 4 is 35.1 Å². The van der Waals surface area contributed by atoms with Gasteiger partial charge >= 0.3 is 11.9 Å². The third-order valence-corrected chi connectivity index (χ3v) is 7.35. The number of carbonyl (C=O) groups excluding carboxylic acids is 2. The molecule has 0 amide bonds. The zero-order chi connectivity index (χ0) is 27.7.